The van der Waals surface area contributed by atoms with E-state index in [4.69, 9.17) is 9.94 Å². The van der Waals surface area contributed by atoms with Crippen molar-refractivity contribution in [3.05, 3.63) is 65.7 Å². The molecular formula is C22H27N3O3. The van der Waals surface area contributed by atoms with E-state index in [2.05, 4.69) is 28.4 Å². The highest BCUT2D eigenvalue weighted by Crippen LogP contribution is 2.25. The standard InChI is InChI=1S/C22H27N3O3/c1-28-20-9-6-17(7-10-20)16-23-19-12-14-25(15-13-19)21-5-3-2-4-18(21)8-11-22(26)24-27/h2-11,19,23,27H,12-16H2,1H3,(H,24,26)/b11-8+. The number of carbonyl (C=O) groups is 1. The first-order chi connectivity index (χ1) is 13.7. The maximum Gasteiger partial charge on any atom is 0.267 e. The monoisotopic (exact) mass is 381 g/mol. The Balaban J connectivity index is 1.53. The molecule has 2 aromatic rings. The summed E-state index contributed by atoms with van der Waals surface area (Å²) in [6.07, 6.45) is 5.19. The Labute approximate surface area is 165 Å². The molecule has 0 spiro atoms. The van der Waals surface area contributed by atoms with E-state index < -0.39 is 5.91 Å². The van der Waals surface area contributed by atoms with Crippen LogP contribution < -0.4 is 20.4 Å². The third kappa shape index (κ3) is 5.34. The second kappa shape index (κ2) is 9.92. The SMILES string of the molecule is COc1ccc(CNC2CCN(c3ccccc3/C=C/C(=O)NO)CC2)cc1. The molecule has 0 saturated carbocycles. The van der Waals surface area contributed by atoms with Crippen LogP contribution in [0.3, 0.4) is 0 Å². The number of carbonyl (C=O) groups excluding carboxylic acids is 1. The van der Waals surface area contributed by atoms with E-state index in [-0.39, 0.29) is 0 Å². The van der Waals surface area contributed by atoms with Crippen LogP contribution in [0.1, 0.15) is 24.0 Å². The Morgan fingerprint density at radius 2 is 1.89 bits per heavy atom. The van der Waals surface area contributed by atoms with Crippen LogP contribution in [0.25, 0.3) is 6.08 Å². The predicted octanol–water partition coefficient (Wildman–Crippen LogP) is 2.97. The minimum absolute atomic E-state index is 0.487. The number of hydrogen-bond acceptors (Lipinski definition) is 5. The normalized spacial score (nSPS) is 15.0. The zero-order valence-electron chi connectivity index (χ0n) is 16.1. The van der Waals surface area contributed by atoms with Crippen LogP contribution in [0.2, 0.25) is 0 Å². The first-order valence-corrected chi connectivity index (χ1v) is 9.52. The Morgan fingerprint density at radius 1 is 1.18 bits per heavy atom. The molecule has 1 heterocycles. The number of nitrogens with one attached hydrogen (secondary N) is 2. The fourth-order valence-electron chi connectivity index (χ4n) is 3.45. The zero-order valence-corrected chi connectivity index (χ0v) is 16.1. The predicted molar refractivity (Wildman–Crippen MR) is 110 cm³/mol. The third-order valence-corrected chi connectivity index (χ3v) is 5.05. The highest BCUT2D eigenvalue weighted by molar-refractivity contribution is 5.91. The number of hydrogen-bond donors (Lipinski definition) is 3. The van der Waals surface area contributed by atoms with Crippen LogP contribution in [0, 0.1) is 0 Å². The van der Waals surface area contributed by atoms with Gasteiger partial charge in [-0.2, -0.15) is 0 Å². The quantitative estimate of drug-likeness (QED) is 0.391. The van der Waals surface area contributed by atoms with Crippen molar-refractivity contribution in [3.8, 4) is 5.75 Å². The van der Waals surface area contributed by atoms with Gasteiger partial charge in [-0.3, -0.25) is 10.0 Å². The molecule has 6 nitrogen and oxygen atoms in total. The molecule has 0 aliphatic carbocycles. The number of nitrogens with zero attached hydrogens (tertiary/aromatic N) is 1. The zero-order chi connectivity index (χ0) is 19.8. The van der Waals surface area contributed by atoms with E-state index in [1.807, 2.05) is 30.3 Å². The van der Waals surface area contributed by atoms with Crippen LogP contribution in [0.4, 0.5) is 5.69 Å². The maximum atomic E-state index is 11.3. The molecule has 6 heteroatoms. The maximum absolute atomic E-state index is 11.3. The lowest BCUT2D eigenvalue weighted by Gasteiger charge is -2.35. The molecule has 0 aromatic heterocycles. The van der Waals surface area contributed by atoms with E-state index in [0.29, 0.717) is 6.04 Å². The van der Waals surface area contributed by atoms with Crippen LogP contribution in [0.5, 0.6) is 5.75 Å². The number of amides is 1. The number of rotatable bonds is 7. The molecule has 28 heavy (non-hydrogen) atoms. The lowest BCUT2D eigenvalue weighted by Crippen LogP contribution is -2.42. The molecule has 0 radical (unpaired) electrons. The molecule has 2 aromatic carbocycles. The van der Waals surface area contributed by atoms with Gasteiger partial charge in [0.25, 0.3) is 5.91 Å². The van der Waals surface area contributed by atoms with Crippen LogP contribution in [-0.4, -0.2) is 37.4 Å². The summed E-state index contributed by atoms with van der Waals surface area (Å²) in [4.78, 5) is 13.6. The van der Waals surface area contributed by atoms with Gasteiger partial charge in [0.2, 0.25) is 0 Å². The van der Waals surface area contributed by atoms with Gasteiger partial charge >= 0.3 is 0 Å². The molecule has 3 rings (SSSR count). The molecule has 1 aliphatic rings. The largest absolute Gasteiger partial charge is 0.497 e. The summed E-state index contributed by atoms with van der Waals surface area (Å²) in [6, 6.07) is 16.6. The minimum atomic E-state index is -0.531. The Hall–Kier alpha value is -2.83. The Morgan fingerprint density at radius 3 is 2.57 bits per heavy atom. The summed E-state index contributed by atoms with van der Waals surface area (Å²) in [5.74, 6) is 0.345. The number of piperidine rings is 1. The molecule has 1 saturated heterocycles. The number of methoxy groups -OCH3 is 1. The second-order valence-electron chi connectivity index (χ2n) is 6.86. The van der Waals surface area contributed by atoms with Gasteiger partial charge in [-0.1, -0.05) is 30.3 Å². The van der Waals surface area contributed by atoms with Crippen LogP contribution >= 0.6 is 0 Å². The van der Waals surface area contributed by atoms with Crippen LogP contribution in [-0.2, 0) is 11.3 Å². The van der Waals surface area contributed by atoms with E-state index >= 15 is 0 Å². The number of hydroxylamine groups is 1. The third-order valence-electron chi connectivity index (χ3n) is 5.05. The molecular weight excluding hydrogens is 354 g/mol. The number of para-hydroxylation sites is 1. The van der Waals surface area contributed by atoms with E-state index in [9.17, 15) is 4.79 Å². The van der Waals surface area contributed by atoms with Gasteiger partial charge in [-0.25, -0.2) is 5.48 Å². The van der Waals surface area contributed by atoms with Crippen molar-refractivity contribution in [1.29, 1.82) is 0 Å². The highest BCUT2D eigenvalue weighted by atomic mass is 16.5. The number of ether oxygens (including phenoxy) is 1. The minimum Gasteiger partial charge on any atom is -0.497 e. The smallest absolute Gasteiger partial charge is 0.267 e. The average molecular weight is 381 g/mol. The summed E-state index contributed by atoms with van der Waals surface area (Å²) in [7, 11) is 1.68. The lowest BCUT2D eigenvalue weighted by molar-refractivity contribution is -0.124. The molecule has 0 atom stereocenters. The summed E-state index contributed by atoms with van der Waals surface area (Å²) < 4.78 is 5.20. The lowest BCUT2D eigenvalue weighted by atomic mass is 10.0. The molecule has 148 valence electrons. The number of benzene rings is 2. The van der Waals surface area contributed by atoms with Gasteiger partial charge in [0, 0.05) is 37.4 Å². The van der Waals surface area contributed by atoms with E-state index in [1.54, 1.807) is 18.7 Å². The van der Waals surface area contributed by atoms with E-state index in [1.165, 1.54) is 11.6 Å². The van der Waals surface area contributed by atoms with Gasteiger partial charge in [-0.15, -0.1) is 0 Å². The average Bonchev–Trinajstić information content (AvgIpc) is 2.77. The second-order valence-corrected chi connectivity index (χ2v) is 6.86. The first kappa shape index (κ1) is 19.9. The molecule has 1 aliphatic heterocycles. The van der Waals surface area contributed by atoms with Gasteiger partial charge in [0.15, 0.2) is 0 Å². The van der Waals surface area contributed by atoms with E-state index in [0.717, 1.165) is 49.5 Å². The van der Waals surface area contributed by atoms with Crippen molar-refractivity contribution in [2.45, 2.75) is 25.4 Å². The summed E-state index contributed by atoms with van der Waals surface area (Å²) in [5, 5.41) is 12.3. The first-order valence-electron chi connectivity index (χ1n) is 9.52. The van der Waals surface area contributed by atoms with Crippen molar-refractivity contribution in [1.82, 2.24) is 10.8 Å². The fourth-order valence-corrected chi connectivity index (χ4v) is 3.45. The van der Waals surface area contributed by atoms with Gasteiger partial charge < -0.3 is 15.0 Å². The summed E-state index contributed by atoms with van der Waals surface area (Å²) in [5.41, 5.74) is 4.95. The van der Waals surface area contributed by atoms with Gasteiger partial charge in [-0.05, 0) is 48.2 Å². The highest BCUT2D eigenvalue weighted by Gasteiger charge is 2.20. The van der Waals surface area contributed by atoms with Crippen molar-refractivity contribution in [2.75, 3.05) is 25.1 Å². The molecule has 0 bridgehead atoms. The van der Waals surface area contributed by atoms with Crippen molar-refractivity contribution < 1.29 is 14.7 Å². The van der Waals surface area contributed by atoms with Crippen LogP contribution in [0.15, 0.2) is 54.6 Å². The van der Waals surface area contributed by atoms with Gasteiger partial charge in [0.1, 0.15) is 5.75 Å². The van der Waals surface area contributed by atoms with Crippen molar-refractivity contribution in [3.63, 3.8) is 0 Å². The summed E-state index contributed by atoms with van der Waals surface area (Å²) in [6.45, 7) is 2.76. The fraction of sp³-hybridized carbons (Fsp3) is 0.318. The molecule has 3 N–H and O–H groups in total. The van der Waals surface area contributed by atoms with Crippen molar-refractivity contribution >= 4 is 17.7 Å². The van der Waals surface area contributed by atoms with Gasteiger partial charge in [0.05, 0.1) is 7.11 Å². The molecule has 1 amide bonds. The van der Waals surface area contributed by atoms with Crippen molar-refractivity contribution in [2.24, 2.45) is 0 Å². The molecule has 1 fully saturated rings. The molecule has 0 unspecified atom stereocenters. The Bertz CT molecular complexity index is 797. The number of anilines is 1. The summed E-state index contributed by atoms with van der Waals surface area (Å²) >= 11 is 0. The Kier molecular flexibility index (Phi) is 7.06. The topological polar surface area (TPSA) is 73.8 Å².